The van der Waals surface area contributed by atoms with Crippen molar-refractivity contribution >= 4 is 18.1 Å². The monoisotopic (exact) mass is 333 g/mol. The van der Waals surface area contributed by atoms with E-state index in [-0.39, 0.29) is 16.8 Å². The van der Waals surface area contributed by atoms with Crippen LogP contribution in [-0.4, -0.2) is 47.3 Å². The maximum Gasteiger partial charge on any atom is 0.284 e. The van der Waals surface area contributed by atoms with Gasteiger partial charge in [-0.15, -0.1) is 5.10 Å². The highest BCUT2D eigenvalue weighted by Crippen LogP contribution is 2.19. The predicted octanol–water partition coefficient (Wildman–Crippen LogP) is 3.04. The van der Waals surface area contributed by atoms with Gasteiger partial charge in [-0.05, 0) is 55.7 Å². The third-order valence-electron chi connectivity index (χ3n) is 3.92. The van der Waals surface area contributed by atoms with Crippen molar-refractivity contribution in [2.24, 2.45) is 0 Å². The first kappa shape index (κ1) is 15.9. The molecule has 1 aliphatic rings. The fraction of sp³-hybridized carbons (Fsp3) is 0.438. The number of hydrogen-bond donors (Lipinski definition) is 1. The Kier molecular flexibility index (Phi) is 4.88. The third kappa shape index (κ3) is 3.86. The van der Waals surface area contributed by atoms with E-state index in [0.717, 1.165) is 25.0 Å². The maximum atomic E-state index is 12.5. The Morgan fingerprint density at radius 2 is 2.17 bits per heavy atom. The molecular formula is C16H19N3O3S. The highest BCUT2D eigenvalue weighted by Gasteiger charge is 2.19. The quantitative estimate of drug-likeness (QED) is 0.871. The molecule has 1 N–H and O–H groups in total. The van der Waals surface area contributed by atoms with Gasteiger partial charge in [0.05, 0.1) is 6.10 Å². The number of nitrogens with one attached hydrogen (secondary N) is 1. The van der Waals surface area contributed by atoms with Gasteiger partial charge in [-0.1, -0.05) is 0 Å². The average Bonchev–Trinajstić information content (AvgIpc) is 3.02. The second kappa shape index (κ2) is 7.06. The van der Waals surface area contributed by atoms with Crippen LogP contribution >= 0.6 is 12.2 Å². The highest BCUT2D eigenvalue weighted by molar-refractivity contribution is 7.71. The van der Waals surface area contributed by atoms with Crippen LogP contribution in [0.4, 0.5) is 0 Å². The van der Waals surface area contributed by atoms with E-state index in [1.807, 2.05) is 0 Å². The van der Waals surface area contributed by atoms with Crippen LogP contribution in [0.3, 0.4) is 0 Å². The first-order chi connectivity index (χ1) is 11.1. The number of carbonyl (C=O) groups is 1. The van der Waals surface area contributed by atoms with Crippen molar-refractivity contribution in [1.82, 2.24) is 15.1 Å². The number of rotatable bonds is 4. The number of likely N-dealkylation sites (N-methyl/N-ethyl adjacent to an activating group) is 1. The standard InChI is InChI=1S/C16H19N3O3S/c1-19(10-13-4-2-3-9-21-13)15(20)12-7-5-11(6-8-12)14-17-18-16(23)22-14/h5-8,13H,2-4,9-10H2,1H3,(H,18,23)/t13-/m0/s1. The fourth-order valence-corrected chi connectivity index (χ4v) is 2.79. The Bertz CT molecular complexity index is 717. The largest absolute Gasteiger partial charge is 0.409 e. The van der Waals surface area contributed by atoms with Gasteiger partial charge in [0.15, 0.2) is 0 Å². The van der Waals surface area contributed by atoms with Crippen molar-refractivity contribution in [3.05, 3.63) is 34.7 Å². The van der Waals surface area contributed by atoms with E-state index >= 15 is 0 Å². The van der Waals surface area contributed by atoms with Gasteiger partial charge in [-0.25, -0.2) is 5.10 Å². The summed E-state index contributed by atoms with van der Waals surface area (Å²) in [6, 6.07) is 7.13. The van der Waals surface area contributed by atoms with Gasteiger partial charge < -0.3 is 14.1 Å². The molecule has 7 heteroatoms. The van der Waals surface area contributed by atoms with E-state index in [1.165, 1.54) is 6.42 Å². The van der Waals surface area contributed by atoms with Crippen LogP contribution in [0.1, 0.15) is 29.6 Å². The second-order valence-electron chi connectivity index (χ2n) is 5.67. The number of benzene rings is 1. The minimum atomic E-state index is -0.0198. The lowest BCUT2D eigenvalue weighted by Crippen LogP contribution is -2.37. The SMILES string of the molecule is CN(C[C@@H]1CCCCO1)C(=O)c1ccc(-c2n[nH]c(=S)o2)cc1. The van der Waals surface area contributed by atoms with Crippen molar-refractivity contribution in [2.75, 3.05) is 20.2 Å². The van der Waals surface area contributed by atoms with Crippen molar-refractivity contribution < 1.29 is 13.9 Å². The molecule has 0 radical (unpaired) electrons. The summed E-state index contributed by atoms with van der Waals surface area (Å²) in [6.07, 6.45) is 3.44. The Labute approximate surface area is 139 Å². The normalized spacial score (nSPS) is 17.9. The summed E-state index contributed by atoms with van der Waals surface area (Å²) in [5.74, 6) is 0.395. The molecule has 2 aromatic rings. The molecule has 1 fully saturated rings. The third-order valence-corrected chi connectivity index (χ3v) is 4.09. The number of hydrogen-bond acceptors (Lipinski definition) is 5. The summed E-state index contributed by atoms with van der Waals surface area (Å²) in [5.41, 5.74) is 1.40. The van der Waals surface area contributed by atoms with Gasteiger partial charge in [0.1, 0.15) is 0 Å². The molecule has 1 saturated heterocycles. The van der Waals surface area contributed by atoms with Gasteiger partial charge in [0.2, 0.25) is 5.89 Å². The van der Waals surface area contributed by atoms with Crippen molar-refractivity contribution in [3.63, 3.8) is 0 Å². The minimum Gasteiger partial charge on any atom is -0.409 e. The molecule has 0 spiro atoms. The summed E-state index contributed by atoms with van der Waals surface area (Å²) >= 11 is 4.85. The van der Waals surface area contributed by atoms with Gasteiger partial charge in [0.25, 0.3) is 10.7 Å². The molecule has 2 heterocycles. The summed E-state index contributed by atoms with van der Waals surface area (Å²) in [4.78, 5) is 14.4. The zero-order valence-corrected chi connectivity index (χ0v) is 13.8. The van der Waals surface area contributed by atoms with E-state index in [4.69, 9.17) is 21.4 Å². The molecule has 122 valence electrons. The van der Waals surface area contributed by atoms with Crippen LogP contribution in [0.15, 0.2) is 28.7 Å². The topological polar surface area (TPSA) is 71.4 Å². The zero-order valence-electron chi connectivity index (χ0n) is 12.9. The zero-order chi connectivity index (χ0) is 16.2. The number of nitrogens with zero attached hydrogens (tertiary/aromatic N) is 2. The number of aromatic nitrogens is 2. The lowest BCUT2D eigenvalue weighted by molar-refractivity contribution is -0.000186. The van der Waals surface area contributed by atoms with Crippen molar-refractivity contribution in [1.29, 1.82) is 0 Å². The van der Waals surface area contributed by atoms with E-state index < -0.39 is 0 Å². The van der Waals surface area contributed by atoms with Gasteiger partial charge >= 0.3 is 0 Å². The first-order valence-corrected chi connectivity index (χ1v) is 8.07. The molecular weight excluding hydrogens is 314 g/mol. The minimum absolute atomic E-state index is 0.0198. The number of carbonyl (C=O) groups excluding carboxylic acids is 1. The second-order valence-corrected chi connectivity index (χ2v) is 6.04. The van der Waals surface area contributed by atoms with E-state index in [0.29, 0.717) is 18.0 Å². The summed E-state index contributed by atoms with van der Waals surface area (Å²) in [5, 5.41) is 6.54. The Morgan fingerprint density at radius 3 is 2.78 bits per heavy atom. The Morgan fingerprint density at radius 1 is 1.39 bits per heavy atom. The van der Waals surface area contributed by atoms with Crippen molar-refractivity contribution in [2.45, 2.75) is 25.4 Å². The molecule has 0 saturated carbocycles. The Balaban J connectivity index is 1.66. The average molecular weight is 333 g/mol. The number of ether oxygens (including phenoxy) is 1. The van der Waals surface area contributed by atoms with E-state index in [9.17, 15) is 4.79 Å². The summed E-state index contributed by atoms with van der Waals surface area (Å²) < 4.78 is 10.9. The molecule has 1 aliphatic heterocycles. The molecule has 1 atom stereocenters. The lowest BCUT2D eigenvalue weighted by atomic mass is 10.1. The summed E-state index contributed by atoms with van der Waals surface area (Å²) in [6.45, 7) is 1.41. The number of amides is 1. The molecule has 0 bridgehead atoms. The number of aromatic amines is 1. The predicted molar refractivity (Wildman–Crippen MR) is 87.7 cm³/mol. The van der Waals surface area contributed by atoms with Crippen LogP contribution in [-0.2, 0) is 4.74 Å². The van der Waals surface area contributed by atoms with Crippen molar-refractivity contribution in [3.8, 4) is 11.5 Å². The molecule has 3 rings (SSSR count). The van der Waals surface area contributed by atoms with Gasteiger partial charge in [-0.3, -0.25) is 4.79 Å². The highest BCUT2D eigenvalue weighted by atomic mass is 32.1. The fourth-order valence-electron chi connectivity index (χ4n) is 2.67. The Hall–Kier alpha value is -1.99. The number of H-pyrrole nitrogens is 1. The van der Waals surface area contributed by atoms with Crippen LogP contribution < -0.4 is 0 Å². The van der Waals surface area contributed by atoms with Crippen LogP contribution in [0.5, 0.6) is 0 Å². The van der Waals surface area contributed by atoms with Crippen LogP contribution in [0.25, 0.3) is 11.5 Å². The van der Waals surface area contributed by atoms with Gasteiger partial charge in [-0.2, -0.15) is 0 Å². The summed E-state index contributed by atoms with van der Waals surface area (Å²) in [7, 11) is 1.81. The molecule has 23 heavy (non-hydrogen) atoms. The van der Waals surface area contributed by atoms with E-state index in [1.54, 1.807) is 36.2 Å². The molecule has 1 aromatic carbocycles. The van der Waals surface area contributed by atoms with Crippen LogP contribution in [0.2, 0.25) is 0 Å². The molecule has 0 unspecified atom stereocenters. The maximum absolute atomic E-state index is 12.5. The smallest absolute Gasteiger partial charge is 0.284 e. The first-order valence-electron chi connectivity index (χ1n) is 7.66. The van der Waals surface area contributed by atoms with Crippen LogP contribution in [0, 0.1) is 4.84 Å². The lowest BCUT2D eigenvalue weighted by Gasteiger charge is -2.27. The molecule has 1 aromatic heterocycles. The molecule has 0 aliphatic carbocycles. The van der Waals surface area contributed by atoms with Gasteiger partial charge in [0, 0.05) is 31.3 Å². The van der Waals surface area contributed by atoms with E-state index in [2.05, 4.69) is 10.2 Å². The molecule has 6 nitrogen and oxygen atoms in total. The molecule has 1 amide bonds.